The van der Waals surface area contributed by atoms with Gasteiger partial charge in [0, 0.05) is 16.3 Å². The average molecular weight is 670 g/mol. The zero-order chi connectivity index (χ0) is 33.4. The number of aryl methyl sites for hydroxylation is 1. The van der Waals surface area contributed by atoms with Crippen LogP contribution in [-0.2, 0) is 9.53 Å². The standard InChI is InChI=1S/C40H32ClN3O3S/c1-4-47-39(46)35-26(3)42-40-44(37(35)29-17-19-31(41)20-18-29)38(45)34(48-40)24-30-23-33(27-11-7-5-8-12-27)43(32-21-15-25(2)16-22-32)36(30)28-13-9-6-10-14-28/h5-24,37H,4H2,1-3H3/b34-24-/t37-/m1/s1. The Kier molecular flexibility index (Phi) is 8.56. The minimum absolute atomic E-state index is 0.206. The molecule has 48 heavy (non-hydrogen) atoms. The molecule has 1 aliphatic rings. The SMILES string of the molecule is CCOC(=O)C1=C(C)N=c2s/c(=C\c3cc(-c4ccccc4)n(-c4ccc(C)cc4)c3-c3ccccc3)c(=O)n2[C@@H]1c1ccc(Cl)cc1. The number of esters is 1. The van der Waals surface area contributed by atoms with E-state index in [4.69, 9.17) is 21.3 Å². The van der Waals surface area contributed by atoms with Crippen molar-refractivity contribution in [3.8, 4) is 28.2 Å². The van der Waals surface area contributed by atoms with Crippen molar-refractivity contribution in [3.63, 3.8) is 0 Å². The number of hydrogen-bond donors (Lipinski definition) is 0. The number of nitrogens with zero attached hydrogens (tertiary/aromatic N) is 3. The fourth-order valence-electron chi connectivity index (χ4n) is 6.21. The first kappa shape index (κ1) is 31.4. The number of hydrogen-bond acceptors (Lipinski definition) is 5. The Labute approximate surface area is 287 Å². The largest absolute Gasteiger partial charge is 0.463 e. The summed E-state index contributed by atoms with van der Waals surface area (Å²) in [4.78, 5) is 33.1. The first-order valence-electron chi connectivity index (χ1n) is 15.7. The lowest BCUT2D eigenvalue weighted by Crippen LogP contribution is -2.39. The van der Waals surface area contributed by atoms with E-state index in [1.54, 1.807) is 30.5 Å². The highest BCUT2D eigenvalue weighted by Gasteiger charge is 2.33. The third-order valence-corrected chi connectivity index (χ3v) is 9.66. The summed E-state index contributed by atoms with van der Waals surface area (Å²) in [6.07, 6.45) is 1.95. The minimum atomic E-state index is -0.717. The molecule has 0 fully saturated rings. The second kappa shape index (κ2) is 13.1. The Hall–Kier alpha value is -5.24. The number of carbonyl (C=O) groups is 1. The van der Waals surface area contributed by atoms with Crippen LogP contribution in [0.2, 0.25) is 5.02 Å². The number of carbonyl (C=O) groups excluding carboxylic acids is 1. The van der Waals surface area contributed by atoms with Gasteiger partial charge in [-0.05, 0) is 73.9 Å². The van der Waals surface area contributed by atoms with E-state index >= 15 is 0 Å². The lowest BCUT2D eigenvalue weighted by molar-refractivity contribution is -0.139. The van der Waals surface area contributed by atoms with Crippen molar-refractivity contribution >= 4 is 35.0 Å². The summed E-state index contributed by atoms with van der Waals surface area (Å²) in [5.74, 6) is -0.498. The summed E-state index contributed by atoms with van der Waals surface area (Å²) >= 11 is 7.54. The van der Waals surface area contributed by atoms with Gasteiger partial charge in [-0.3, -0.25) is 9.36 Å². The Balaban J connectivity index is 1.51. The second-order valence-electron chi connectivity index (χ2n) is 11.6. The Morgan fingerprint density at radius 1 is 0.896 bits per heavy atom. The van der Waals surface area contributed by atoms with Crippen LogP contribution in [0.1, 0.15) is 36.6 Å². The van der Waals surface area contributed by atoms with E-state index in [9.17, 15) is 9.59 Å². The van der Waals surface area contributed by atoms with Gasteiger partial charge in [0.2, 0.25) is 0 Å². The van der Waals surface area contributed by atoms with Gasteiger partial charge in [-0.15, -0.1) is 0 Å². The number of rotatable bonds is 7. The van der Waals surface area contributed by atoms with Crippen LogP contribution >= 0.6 is 22.9 Å². The molecule has 0 N–H and O–H groups in total. The summed E-state index contributed by atoms with van der Waals surface area (Å²) in [5.41, 5.74) is 8.44. The Bertz CT molecular complexity index is 2350. The van der Waals surface area contributed by atoms with Crippen molar-refractivity contribution in [2.45, 2.75) is 26.8 Å². The quantitative estimate of drug-likeness (QED) is 0.163. The maximum Gasteiger partial charge on any atom is 0.338 e. The van der Waals surface area contributed by atoms with E-state index in [-0.39, 0.29) is 12.2 Å². The minimum Gasteiger partial charge on any atom is -0.463 e. The molecular formula is C40H32ClN3O3S. The van der Waals surface area contributed by atoms with Gasteiger partial charge < -0.3 is 9.30 Å². The summed E-state index contributed by atoms with van der Waals surface area (Å²) in [6, 6.07) is 37.5. The molecule has 0 spiro atoms. The van der Waals surface area contributed by atoms with Crippen LogP contribution in [0, 0.1) is 6.92 Å². The third-order valence-electron chi connectivity index (χ3n) is 8.43. The first-order valence-corrected chi connectivity index (χ1v) is 16.9. The number of halogens is 1. The Morgan fingerprint density at radius 2 is 1.54 bits per heavy atom. The molecule has 0 bridgehead atoms. The molecule has 4 aromatic carbocycles. The van der Waals surface area contributed by atoms with Crippen molar-refractivity contribution in [2.24, 2.45) is 4.99 Å². The van der Waals surface area contributed by atoms with Crippen LogP contribution in [0.3, 0.4) is 0 Å². The molecule has 6 nitrogen and oxygen atoms in total. The second-order valence-corrected chi connectivity index (χ2v) is 13.0. The van der Waals surface area contributed by atoms with Gasteiger partial charge in [0.15, 0.2) is 4.80 Å². The van der Waals surface area contributed by atoms with Gasteiger partial charge >= 0.3 is 5.97 Å². The van der Waals surface area contributed by atoms with Crippen LogP contribution in [0.4, 0.5) is 0 Å². The van der Waals surface area contributed by atoms with Gasteiger partial charge in [-0.2, -0.15) is 0 Å². The summed E-state index contributed by atoms with van der Waals surface area (Å²) in [6.45, 7) is 5.83. The molecule has 1 atom stereocenters. The maximum absolute atomic E-state index is 14.5. The molecule has 0 saturated carbocycles. The Morgan fingerprint density at radius 3 is 2.19 bits per heavy atom. The molecule has 1 aliphatic heterocycles. The maximum atomic E-state index is 14.5. The van der Waals surface area contributed by atoms with Crippen LogP contribution in [0.5, 0.6) is 0 Å². The first-order chi connectivity index (χ1) is 23.3. The lowest BCUT2D eigenvalue weighted by atomic mass is 9.96. The summed E-state index contributed by atoms with van der Waals surface area (Å²) < 4.78 is 9.82. The molecule has 0 amide bonds. The van der Waals surface area contributed by atoms with Gasteiger partial charge in [0.1, 0.15) is 0 Å². The van der Waals surface area contributed by atoms with E-state index in [1.165, 1.54) is 16.9 Å². The van der Waals surface area contributed by atoms with Crippen molar-refractivity contribution in [1.82, 2.24) is 9.13 Å². The number of benzene rings is 4. The van der Waals surface area contributed by atoms with Crippen LogP contribution in [-0.4, -0.2) is 21.7 Å². The smallest absolute Gasteiger partial charge is 0.338 e. The number of fused-ring (bicyclic) bond motifs is 1. The summed E-state index contributed by atoms with van der Waals surface area (Å²) in [7, 11) is 0. The average Bonchev–Trinajstić information content (AvgIpc) is 3.62. The number of thiazole rings is 1. The van der Waals surface area contributed by atoms with E-state index < -0.39 is 12.0 Å². The number of ether oxygens (including phenoxy) is 1. The van der Waals surface area contributed by atoms with Gasteiger partial charge in [-0.25, -0.2) is 9.79 Å². The van der Waals surface area contributed by atoms with E-state index in [0.29, 0.717) is 25.6 Å². The molecular weight excluding hydrogens is 638 g/mol. The number of allylic oxidation sites excluding steroid dienone is 1. The van der Waals surface area contributed by atoms with Crippen molar-refractivity contribution in [2.75, 3.05) is 6.61 Å². The zero-order valence-electron chi connectivity index (χ0n) is 26.7. The lowest BCUT2D eigenvalue weighted by Gasteiger charge is -2.24. The van der Waals surface area contributed by atoms with Crippen molar-refractivity contribution in [3.05, 3.63) is 168 Å². The molecule has 0 radical (unpaired) electrons. The molecule has 2 aromatic heterocycles. The predicted octanol–water partition coefficient (Wildman–Crippen LogP) is 7.88. The molecule has 3 heterocycles. The fourth-order valence-corrected chi connectivity index (χ4v) is 7.37. The van der Waals surface area contributed by atoms with Crippen molar-refractivity contribution < 1.29 is 9.53 Å². The topological polar surface area (TPSA) is 65.6 Å². The fraction of sp³-hybridized carbons (Fsp3) is 0.125. The van der Waals surface area contributed by atoms with Crippen LogP contribution in [0.15, 0.2) is 136 Å². The van der Waals surface area contributed by atoms with E-state index in [0.717, 1.165) is 39.3 Å². The molecule has 238 valence electrons. The molecule has 7 rings (SSSR count). The molecule has 6 aromatic rings. The molecule has 8 heteroatoms. The van der Waals surface area contributed by atoms with E-state index in [2.05, 4.69) is 66.1 Å². The third kappa shape index (κ3) is 5.76. The van der Waals surface area contributed by atoms with Gasteiger partial charge in [0.05, 0.1) is 39.8 Å². The highest BCUT2D eigenvalue weighted by atomic mass is 35.5. The zero-order valence-corrected chi connectivity index (χ0v) is 28.3. The molecule has 0 unspecified atom stereocenters. The molecule has 0 saturated heterocycles. The highest BCUT2D eigenvalue weighted by molar-refractivity contribution is 7.07. The van der Waals surface area contributed by atoms with E-state index in [1.807, 2.05) is 54.6 Å². The van der Waals surface area contributed by atoms with Crippen molar-refractivity contribution in [1.29, 1.82) is 0 Å². The number of aromatic nitrogens is 2. The van der Waals surface area contributed by atoms with Crippen LogP contribution in [0.25, 0.3) is 34.3 Å². The summed E-state index contributed by atoms with van der Waals surface area (Å²) in [5, 5.41) is 0.560. The molecule has 0 aliphatic carbocycles. The van der Waals surface area contributed by atoms with Crippen LogP contribution < -0.4 is 14.9 Å². The normalized spacial score (nSPS) is 14.5. The van der Waals surface area contributed by atoms with Gasteiger partial charge in [-0.1, -0.05) is 113 Å². The van der Waals surface area contributed by atoms with Gasteiger partial charge in [0.25, 0.3) is 5.56 Å². The predicted molar refractivity (Wildman–Crippen MR) is 193 cm³/mol. The highest BCUT2D eigenvalue weighted by Crippen LogP contribution is 2.37. The monoisotopic (exact) mass is 669 g/mol.